The number of hydrogen-bond donors (Lipinski definition) is 0. The second-order valence-corrected chi connectivity index (χ2v) is 6.19. The molecule has 2 aromatic heterocycles. The molecule has 8 heteroatoms. The fraction of sp³-hybridized carbons (Fsp3) is 0.412. The molecular formula is C17H20ClN5O2. The molecule has 1 aliphatic heterocycles. The molecule has 0 atom stereocenters. The van der Waals surface area contributed by atoms with Crippen LogP contribution in [0.1, 0.15) is 26.2 Å². The van der Waals surface area contributed by atoms with E-state index in [1.165, 1.54) is 0 Å². The molecule has 2 amide bonds. The van der Waals surface area contributed by atoms with Gasteiger partial charge in [0.1, 0.15) is 5.69 Å². The van der Waals surface area contributed by atoms with E-state index in [0.717, 1.165) is 18.7 Å². The van der Waals surface area contributed by atoms with Gasteiger partial charge in [0.25, 0.3) is 0 Å². The fourth-order valence-corrected chi connectivity index (χ4v) is 3.17. The van der Waals surface area contributed by atoms with Gasteiger partial charge in [-0.3, -0.25) is 14.6 Å². The predicted molar refractivity (Wildman–Crippen MR) is 94.8 cm³/mol. The van der Waals surface area contributed by atoms with Crippen molar-refractivity contribution < 1.29 is 9.59 Å². The normalized spacial score (nSPS) is 14.2. The quantitative estimate of drug-likeness (QED) is 0.791. The smallest absolute Gasteiger partial charge is 0.228 e. The number of hydrogen-bond acceptors (Lipinski definition) is 4. The van der Waals surface area contributed by atoms with Crippen LogP contribution in [0.3, 0.4) is 0 Å². The minimum atomic E-state index is -0.0742. The van der Waals surface area contributed by atoms with Crippen LogP contribution in [0.4, 0.5) is 5.69 Å². The van der Waals surface area contributed by atoms with Gasteiger partial charge >= 0.3 is 0 Å². The number of aromatic nitrogens is 3. The van der Waals surface area contributed by atoms with Crippen LogP contribution in [0.5, 0.6) is 0 Å². The molecule has 0 bridgehead atoms. The summed E-state index contributed by atoms with van der Waals surface area (Å²) in [5.41, 5.74) is 1.33. The van der Waals surface area contributed by atoms with E-state index in [4.69, 9.17) is 11.6 Å². The van der Waals surface area contributed by atoms with Crippen LogP contribution in [0, 0.1) is 0 Å². The molecule has 1 saturated heterocycles. The zero-order valence-corrected chi connectivity index (χ0v) is 14.8. The molecule has 0 saturated carbocycles. The standard InChI is InChI=1S/C17H20ClN5O2/c1-2-22(16(25)7-10-21-9-4-6-15(21)24)14-12-23(20-17(14)18)13-5-3-8-19-11-13/h3,5,8,11-12H,2,4,6-7,9-10H2,1H3. The predicted octanol–water partition coefficient (Wildman–Crippen LogP) is 2.29. The highest BCUT2D eigenvalue weighted by molar-refractivity contribution is 6.32. The Balaban J connectivity index is 1.73. The van der Waals surface area contributed by atoms with Gasteiger partial charge in [-0.1, -0.05) is 11.6 Å². The molecule has 1 fully saturated rings. The zero-order valence-electron chi connectivity index (χ0n) is 14.1. The number of carbonyl (C=O) groups excluding carboxylic acids is 2. The van der Waals surface area contributed by atoms with Gasteiger partial charge in [0, 0.05) is 38.7 Å². The van der Waals surface area contributed by atoms with Crippen LogP contribution in [0.2, 0.25) is 5.15 Å². The molecule has 0 radical (unpaired) electrons. The number of rotatable bonds is 6. The highest BCUT2D eigenvalue weighted by atomic mass is 35.5. The van der Waals surface area contributed by atoms with E-state index in [1.807, 2.05) is 13.0 Å². The fourth-order valence-electron chi connectivity index (χ4n) is 2.93. The monoisotopic (exact) mass is 361 g/mol. The molecule has 3 heterocycles. The molecule has 2 aromatic rings. The number of carbonyl (C=O) groups is 2. The first kappa shape index (κ1) is 17.4. The van der Waals surface area contributed by atoms with E-state index < -0.39 is 0 Å². The van der Waals surface area contributed by atoms with Gasteiger partial charge in [-0.2, -0.15) is 5.10 Å². The first-order chi connectivity index (χ1) is 12.1. The number of likely N-dealkylation sites (tertiary alicyclic amines) is 1. The SMILES string of the molecule is CCN(C(=O)CCN1CCCC1=O)c1cn(-c2cccnc2)nc1Cl. The van der Waals surface area contributed by atoms with Gasteiger partial charge < -0.3 is 9.80 Å². The third-order valence-electron chi connectivity index (χ3n) is 4.24. The summed E-state index contributed by atoms with van der Waals surface area (Å²) in [6.07, 6.45) is 6.79. The van der Waals surface area contributed by atoms with E-state index in [1.54, 1.807) is 39.1 Å². The maximum Gasteiger partial charge on any atom is 0.228 e. The molecule has 0 unspecified atom stereocenters. The Hall–Kier alpha value is -2.41. The van der Waals surface area contributed by atoms with Gasteiger partial charge in [0.15, 0.2) is 5.15 Å². The second-order valence-electron chi connectivity index (χ2n) is 5.83. The van der Waals surface area contributed by atoms with E-state index in [0.29, 0.717) is 25.2 Å². The van der Waals surface area contributed by atoms with Crippen LogP contribution >= 0.6 is 11.6 Å². The Morgan fingerprint density at radius 1 is 1.44 bits per heavy atom. The highest BCUT2D eigenvalue weighted by Gasteiger charge is 2.24. The number of amides is 2. The zero-order chi connectivity index (χ0) is 17.8. The molecule has 7 nitrogen and oxygen atoms in total. The van der Waals surface area contributed by atoms with E-state index >= 15 is 0 Å². The molecular weight excluding hydrogens is 342 g/mol. The highest BCUT2D eigenvalue weighted by Crippen LogP contribution is 2.26. The van der Waals surface area contributed by atoms with Crippen molar-refractivity contribution in [2.45, 2.75) is 26.2 Å². The Morgan fingerprint density at radius 3 is 2.92 bits per heavy atom. The maximum absolute atomic E-state index is 12.6. The maximum atomic E-state index is 12.6. The molecule has 0 aliphatic carbocycles. The molecule has 3 rings (SSSR count). The van der Waals surface area contributed by atoms with E-state index in [9.17, 15) is 9.59 Å². The van der Waals surface area contributed by atoms with Gasteiger partial charge in [-0.25, -0.2) is 4.68 Å². The third kappa shape index (κ3) is 3.82. The number of nitrogens with zero attached hydrogens (tertiary/aromatic N) is 5. The summed E-state index contributed by atoms with van der Waals surface area (Å²) in [6, 6.07) is 3.66. The Kier molecular flexibility index (Phi) is 5.33. The van der Waals surface area contributed by atoms with Crippen molar-refractivity contribution in [1.29, 1.82) is 0 Å². The Bertz CT molecular complexity index is 762. The first-order valence-corrected chi connectivity index (χ1v) is 8.71. The Morgan fingerprint density at radius 2 is 2.28 bits per heavy atom. The second kappa shape index (κ2) is 7.65. The lowest BCUT2D eigenvalue weighted by Crippen LogP contribution is -2.35. The van der Waals surface area contributed by atoms with Crippen LogP contribution < -0.4 is 4.90 Å². The van der Waals surface area contributed by atoms with Crippen LogP contribution in [0.15, 0.2) is 30.7 Å². The Labute approximate surface area is 151 Å². The van der Waals surface area contributed by atoms with Gasteiger partial charge in [-0.15, -0.1) is 0 Å². The number of halogens is 1. The average Bonchev–Trinajstić information content (AvgIpc) is 3.21. The van der Waals surface area contributed by atoms with Crippen molar-refractivity contribution in [3.63, 3.8) is 0 Å². The summed E-state index contributed by atoms with van der Waals surface area (Å²) in [5, 5.41) is 4.53. The van der Waals surface area contributed by atoms with Crippen molar-refractivity contribution in [2.24, 2.45) is 0 Å². The van der Waals surface area contributed by atoms with Crippen LogP contribution in [0.25, 0.3) is 5.69 Å². The van der Waals surface area contributed by atoms with Gasteiger partial charge in [0.2, 0.25) is 11.8 Å². The lowest BCUT2D eigenvalue weighted by atomic mass is 10.3. The van der Waals surface area contributed by atoms with Crippen molar-refractivity contribution in [2.75, 3.05) is 24.5 Å². The third-order valence-corrected chi connectivity index (χ3v) is 4.51. The topological polar surface area (TPSA) is 71.3 Å². The summed E-state index contributed by atoms with van der Waals surface area (Å²) in [4.78, 5) is 31.7. The lowest BCUT2D eigenvalue weighted by molar-refractivity contribution is -0.128. The average molecular weight is 362 g/mol. The summed E-state index contributed by atoms with van der Waals surface area (Å²) < 4.78 is 1.60. The largest absolute Gasteiger partial charge is 0.342 e. The minimum Gasteiger partial charge on any atom is -0.342 e. The molecule has 25 heavy (non-hydrogen) atoms. The summed E-state index contributed by atoms with van der Waals surface area (Å²) in [7, 11) is 0. The van der Waals surface area contributed by atoms with Crippen LogP contribution in [-0.4, -0.2) is 51.1 Å². The summed E-state index contributed by atoms with van der Waals surface area (Å²) in [5.74, 6) is 0.0492. The number of anilines is 1. The molecule has 0 aromatic carbocycles. The summed E-state index contributed by atoms with van der Waals surface area (Å²) in [6.45, 7) is 3.54. The number of pyridine rings is 1. The van der Waals surface area contributed by atoms with Crippen molar-refractivity contribution in [1.82, 2.24) is 19.7 Å². The minimum absolute atomic E-state index is 0.0742. The molecule has 1 aliphatic rings. The summed E-state index contributed by atoms with van der Waals surface area (Å²) >= 11 is 6.25. The van der Waals surface area contributed by atoms with Crippen LogP contribution in [-0.2, 0) is 9.59 Å². The van der Waals surface area contributed by atoms with Crippen molar-refractivity contribution >= 4 is 29.1 Å². The van der Waals surface area contributed by atoms with E-state index in [2.05, 4.69) is 10.1 Å². The van der Waals surface area contributed by atoms with E-state index in [-0.39, 0.29) is 23.4 Å². The molecule has 0 spiro atoms. The van der Waals surface area contributed by atoms with Crippen molar-refractivity contribution in [3.05, 3.63) is 35.9 Å². The van der Waals surface area contributed by atoms with Gasteiger partial charge in [0.05, 0.1) is 18.1 Å². The lowest BCUT2D eigenvalue weighted by Gasteiger charge is -2.21. The van der Waals surface area contributed by atoms with Gasteiger partial charge in [-0.05, 0) is 25.5 Å². The molecule has 132 valence electrons. The first-order valence-electron chi connectivity index (χ1n) is 8.34. The molecule has 0 N–H and O–H groups in total. The van der Waals surface area contributed by atoms with Crippen molar-refractivity contribution in [3.8, 4) is 5.69 Å².